The molecule has 0 bridgehead atoms. The molecule has 0 saturated heterocycles. The first-order valence-electron chi connectivity index (χ1n) is 10.4. The van der Waals surface area contributed by atoms with Gasteiger partial charge in [0.15, 0.2) is 6.10 Å². The molecule has 0 saturated carbocycles. The number of anilines is 2. The fourth-order valence-electron chi connectivity index (χ4n) is 3.33. The van der Waals surface area contributed by atoms with Gasteiger partial charge in [0.05, 0.1) is 23.3 Å². The van der Waals surface area contributed by atoms with Crippen LogP contribution in [0.5, 0.6) is 5.75 Å². The number of carbonyl (C=O) groups excluding carboxylic acids is 1. The van der Waals surface area contributed by atoms with Gasteiger partial charge < -0.3 is 10.1 Å². The van der Waals surface area contributed by atoms with Crippen molar-refractivity contribution in [3.05, 3.63) is 70.6 Å². The third-order valence-corrected chi connectivity index (χ3v) is 6.65. The quantitative estimate of drug-likeness (QED) is 0.543. The summed E-state index contributed by atoms with van der Waals surface area (Å²) in [5.41, 5.74) is 1.64. The van der Waals surface area contributed by atoms with Gasteiger partial charge in [0, 0.05) is 14.1 Å². The van der Waals surface area contributed by atoms with Gasteiger partial charge in [-0.25, -0.2) is 13.1 Å². The van der Waals surface area contributed by atoms with Gasteiger partial charge in [0.2, 0.25) is 10.0 Å². The fourth-order valence-corrected chi connectivity index (χ4v) is 3.83. The second kappa shape index (κ2) is 9.53. The van der Waals surface area contributed by atoms with Gasteiger partial charge >= 0.3 is 0 Å². The number of hydrogen-bond donors (Lipinski definition) is 1. The summed E-state index contributed by atoms with van der Waals surface area (Å²) in [7, 11) is -0.171. The number of hydrogen-bond acceptors (Lipinski definition) is 5. The number of benzene rings is 2. The molecule has 176 valence electrons. The van der Waals surface area contributed by atoms with E-state index >= 15 is 0 Å². The molecule has 0 fully saturated rings. The number of para-hydroxylation sites is 1. The van der Waals surface area contributed by atoms with Gasteiger partial charge in [-0.15, -0.1) is 0 Å². The first kappa shape index (κ1) is 24.1. The van der Waals surface area contributed by atoms with Crippen LogP contribution < -0.4 is 19.9 Å². The lowest BCUT2D eigenvalue weighted by Gasteiger charge is -2.19. The number of ether oxygens (including phenoxy) is 1. The van der Waals surface area contributed by atoms with Crippen LogP contribution in [0.1, 0.15) is 19.0 Å². The molecule has 1 unspecified atom stereocenters. The largest absolute Gasteiger partial charge is 0.481 e. The molecular weight excluding hydrogens is 444 g/mol. The van der Waals surface area contributed by atoms with Crippen molar-refractivity contribution in [2.45, 2.75) is 26.4 Å². The molecule has 2 aromatic carbocycles. The van der Waals surface area contributed by atoms with Crippen molar-refractivity contribution in [1.29, 1.82) is 0 Å². The van der Waals surface area contributed by atoms with E-state index in [2.05, 4.69) is 5.32 Å². The van der Waals surface area contributed by atoms with Crippen LogP contribution in [0.4, 0.5) is 11.4 Å². The van der Waals surface area contributed by atoms with Crippen LogP contribution in [0.2, 0.25) is 0 Å². The molecular formula is C23H28N4O5S. The summed E-state index contributed by atoms with van der Waals surface area (Å²) >= 11 is 0. The number of amides is 1. The maximum Gasteiger partial charge on any atom is 0.295 e. The van der Waals surface area contributed by atoms with Gasteiger partial charge in [-0.05, 0) is 49.7 Å². The van der Waals surface area contributed by atoms with E-state index in [-0.39, 0.29) is 11.2 Å². The third kappa shape index (κ3) is 5.11. The summed E-state index contributed by atoms with van der Waals surface area (Å²) in [5, 5.41) is 2.72. The molecule has 0 aliphatic carbocycles. The summed E-state index contributed by atoms with van der Waals surface area (Å²) in [5.74, 6) is -0.0324. The zero-order valence-corrected chi connectivity index (χ0v) is 20.1. The number of aromatic nitrogens is 2. The van der Waals surface area contributed by atoms with Crippen LogP contribution in [0.3, 0.4) is 0 Å². The predicted molar refractivity (Wildman–Crippen MR) is 129 cm³/mol. The first-order chi connectivity index (χ1) is 15.5. The van der Waals surface area contributed by atoms with Crippen molar-refractivity contribution in [3.63, 3.8) is 0 Å². The molecule has 9 nitrogen and oxygen atoms in total. The Morgan fingerprint density at radius 3 is 2.27 bits per heavy atom. The lowest BCUT2D eigenvalue weighted by Crippen LogP contribution is -2.34. The number of carbonyl (C=O) groups is 1. The minimum absolute atomic E-state index is 0.193. The lowest BCUT2D eigenvalue weighted by molar-refractivity contribution is -0.122. The predicted octanol–water partition coefficient (Wildman–Crippen LogP) is 2.68. The van der Waals surface area contributed by atoms with E-state index in [9.17, 15) is 18.0 Å². The van der Waals surface area contributed by atoms with Gasteiger partial charge in [0.1, 0.15) is 11.4 Å². The standard InChI is InChI=1S/C23H28N4O5S/c1-6-20(32-19-14-12-17(13-15-19)26(4)33(5,30)31)22(28)24-21-16(2)25(3)27(23(21)29)18-10-8-7-9-11-18/h7-15,20H,6H2,1-5H3,(H,24,28). The monoisotopic (exact) mass is 472 g/mol. The molecule has 0 radical (unpaired) electrons. The Kier molecular flexibility index (Phi) is 6.97. The average Bonchev–Trinajstić information content (AvgIpc) is 3.00. The first-order valence-corrected chi connectivity index (χ1v) is 12.2. The topological polar surface area (TPSA) is 103 Å². The van der Waals surface area contributed by atoms with Gasteiger partial charge in [-0.3, -0.25) is 18.6 Å². The molecule has 0 aliphatic heterocycles. The van der Waals surface area contributed by atoms with E-state index < -0.39 is 22.0 Å². The van der Waals surface area contributed by atoms with Crippen molar-refractivity contribution >= 4 is 27.3 Å². The number of sulfonamides is 1. The molecule has 3 rings (SSSR count). The lowest BCUT2D eigenvalue weighted by atomic mass is 10.2. The molecule has 1 amide bonds. The number of rotatable bonds is 8. The Morgan fingerprint density at radius 1 is 1.12 bits per heavy atom. The Labute approximate surface area is 193 Å². The van der Waals surface area contributed by atoms with Crippen molar-refractivity contribution in [2.75, 3.05) is 22.9 Å². The van der Waals surface area contributed by atoms with Crippen LogP contribution in [-0.4, -0.2) is 43.1 Å². The molecule has 33 heavy (non-hydrogen) atoms. The zero-order chi connectivity index (χ0) is 24.3. The number of nitrogens with zero attached hydrogens (tertiary/aromatic N) is 3. The van der Waals surface area contributed by atoms with Gasteiger partial charge in [0.25, 0.3) is 11.5 Å². The molecule has 3 aromatic rings. The molecule has 0 aliphatic rings. The summed E-state index contributed by atoms with van der Waals surface area (Å²) in [6.45, 7) is 3.56. The van der Waals surface area contributed by atoms with Crippen LogP contribution >= 0.6 is 0 Å². The van der Waals surface area contributed by atoms with E-state index in [1.54, 1.807) is 49.8 Å². The van der Waals surface area contributed by atoms with Crippen LogP contribution in [0.25, 0.3) is 5.69 Å². The smallest absolute Gasteiger partial charge is 0.295 e. The zero-order valence-electron chi connectivity index (χ0n) is 19.3. The fraction of sp³-hybridized carbons (Fsp3) is 0.304. The normalized spacial score (nSPS) is 12.3. The van der Waals surface area contributed by atoms with Crippen molar-refractivity contribution in [2.24, 2.45) is 7.05 Å². The molecule has 1 heterocycles. The minimum atomic E-state index is -3.38. The van der Waals surface area contributed by atoms with Gasteiger partial charge in [-0.2, -0.15) is 0 Å². The highest BCUT2D eigenvalue weighted by atomic mass is 32.2. The molecule has 10 heteroatoms. The van der Waals surface area contributed by atoms with Crippen LogP contribution in [0.15, 0.2) is 59.4 Å². The molecule has 1 aromatic heterocycles. The Morgan fingerprint density at radius 2 is 1.73 bits per heavy atom. The molecule has 1 atom stereocenters. The minimum Gasteiger partial charge on any atom is -0.481 e. The molecule has 0 spiro atoms. The Balaban J connectivity index is 1.79. The van der Waals surface area contributed by atoms with E-state index in [1.165, 1.54) is 11.7 Å². The van der Waals surface area contributed by atoms with Crippen molar-refractivity contribution in [3.8, 4) is 11.4 Å². The molecule has 1 N–H and O–H groups in total. The second-order valence-electron chi connectivity index (χ2n) is 7.66. The number of nitrogens with one attached hydrogen (secondary N) is 1. The maximum atomic E-state index is 13.0. The average molecular weight is 473 g/mol. The van der Waals surface area contributed by atoms with Crippen molar-refractivity contribution in [1.82, 2.24) is 9.36 Å². The third-order valence-electron chi connectivity index (χ3n) is 5.44. The highest BCUT2D eigenvalue weighted by Crippen LogP contribution is 2.22. The SMILES string of the molecule is CCC(Oc1ccc(N(C)S(C)(=O)=O)cc1)C(=O)Nc1c(C)n(C)n(-c2ccccc2)c1=O. The maximum absolute atomic E-state index is 13.0. The van der Waals surface area contributed by atoms with E-state index in [1.807, 2.05) is 30.3 Å². The van der Waals surface area contributed by atoms with Crippen molar-refractivity contribution < 1.29 is 17.9 Å². The highest BCUT2D eigenvalue weighted by molar-refractivity contribution is 7.92. The second-order valence-corrected chi connectivity index (χ2v) is 9.68. The summed E-state index contributed by atoms with van der Waals surface area (Å²) in [6.07, 6.45) is 0.648. The summed E-state index contributed by atoms with van der Waals surface area (Å²) in [6, 6.07) is 15.6. The summed E-state index contributed by atoms with van der Waals surface area (Å²) < 4.78 is 33.5. The van der Waals surface area contributed by atoms with E-state index in [4.69, 9.17) is 4.74 Å². The van der Waals surface area contributed by atoms with E-state index in [0.717, 1.165) is 10.6 Å². The Bertz CT molecular complexity index is 1300. The van der Waals surface area contributed by atoms with Crippen LogP contribution in [-0.2, 0) is 21.9 Å². The van der Waals surface area contributed by atoms with E-state index in [0.29, 0.717) is 29.2 Å². The highest BCUT2D eigenvalue weighted by Gasteiger charge is 2.24. The van der Waals surface area contributed by atoms with Crippen LogP contribution in [0, 0.1) is 6.92 Å². The Hall–Kier alpha value is -3.53. The van der Waals surface area contributed by atoms with Gasteiger partial charge in [-0.1, -0.05) is 25.1 Å². The summed E-state index contributed by atoms with van der Waals surface area (Å²) in [4.78, 5) is 26.0.